The summed E-state index contributed by atoms with van der Waals surface area (Å²) in [5.74, 6) is -0.760. The van der Waals surface area contributed by atoms with Gasteiger partial charge in [-0.1, -0.05) is 12.1 Å². The van der Waals surface area contributed by atoms with E-state index < -0.39 is 11.4 Å². The van der Waals surface area contributed by atoms with Crippen molar-refractivity contribution in [3.63, 3.8) is 0 Å². The van der Waals surface area contributed by atoms with Crippen LogP contribution in [0.4, 0.5) is 5.69 Å². The third kappa shape index (κ3) is 1.76. The van der Waals surface area contributed by atoms with Gasteiger partial charge in [0.2, 0.25) is 0 Å². The molecule has 1 aromatic carbocycles. The van der Waals surface area contributed by atoms with E-state index in [4.69, 9.17) is 5.73 Å². The quantitative estimate of drug-likeness (QED) is 0.649. The van der Waals surface area contributed by atoms with Crippen LogP contribution in [0.3, 0.4) is 0 Å². The fraction of sp³-hybridized carbons (Fsp3) is 0.417. The van der Waals surface area contributed by atoms with Crippen molar-refractivity contribution in [1.82, 2.24) is 5.32 Å². The molecule has 1 unspecified atom stereocenters. The predicted octanol–water partition coefficient (Wildman–Crippen LogP) is 0.975. The summed E-state index contributed by atoms with van der Waals surface area (Å²) in [6, 6.07) is 7.15. The van der Waals surface area contributed by atoms with Gasteiger partial charge in [0.15, 0.2) is 0 Å². The van der Waals surface area contributed by atoms with Crippen LogP contribution in [0.2, 0.25) is 0 Å². The molecular weight excluding hydrogens is 204 g/mol. The molecular formula is C12H16N2O2. The minimum atomic E-state index is -0.786. The second-order valence-corrected chi connectivity index (χ2v) is 4.29. The summed E-state index contributed by atoms with van der Waals surface area (Å²) >= 11 is 0. The summed E-state index contributed by atoms with van der Waals surface area (Å²) in [7, 11) is 0. The average Bonchev–Trinajstić information content (AvgIpc) is 2.30. The molecule has 1 atom stereocenters. The molecule has 1 saturated heterocycles. The summed E-state index contributed by atoms with van der Waals surface area (Å²) in [6.45, 7) is 1.39. The summed E-state index contributed by atoms with van der Waals surface area (Å²) in [5.41, 5.74) is 6.32. The normalized spacial score (nSPS) is 25.2. The highest BCUT2D eigenvalue weighted by Crippen LogP contribution is 2.32. The molecule has 0 spiro atoms. The predicted molar refractivity (Wildman–Crippen MR) is 62.3 cm³/mol. The third-order valence-corrected chi connectivity index (χ3v) is 3.26. The lowest BCUT2D eigenvalue weighted by Gasteiger charge is -2.34. The Bertz CT molecular complexity index is 381. The van der Waals surface area contributed by atoms with Gasteiger partial charge in [0.05, 0.1) is 0 Å². The highest BCUT2D eigenvalue weighted by molar-refractivity contribution is 5.82. The van der Waals surface area contributed by atoms with E-state index >= 15 is 0 Å². The number of carboxylic acids is 1. The Labute approximate surface area is 94.5 Å². The highest BCUT2D eigenvalue weighted by atomic mass is 16.4. The standard InChI is InChI=1S/C12H16N2O2/c13-10-4-2-9(3-5-10)12(11(15)16)6-1-7-14-8-12/h2-5,14H,1,6-8,13H2,(H,15,16). The van der Waals surface area contributed by atoms with Crippen LogP contribution in [-0.4, -0.2) is 24.2 Å². The Morgan fingerprint density at radius 1 is 1.38 bits per heavy atom. The first-order chi connectivity index (χ1) is 7.65. The lowest BCUT2D eigenvalue weighted by Crippen LogP contribution is -2.48. The van der Waals surface area contributed by atoms with Gasteiger partial charge in [0.1, 0.15) is 5.41 Å². The number of nitrogen functional groups attached to an aromatic ring is 1. The first-order valence-electron chi connectivity index (χ1n) is 5.45. The van der Waals surface area contributed by atoms with Gasteiger partial charge in [0, 0.05) is 12.2 Å². The molecule has 4 N–H and O–H groups in total. The van der Waals surface area contributed by atoms with Crippen molar-refractivity contribution in [2.45, 2.75) is 18.3 Å². The largest absolute Gasteiger partial charge is 0.481 e. The molecule has 4 nitrogen and oxygen atoms in total. The minimum absolute atomic E-state index is 0.492. The second-order valence-electron chi connectivity index (χ2n) is 4.29. The Balaban J connectivity index is 2.38. The number of nitrogens with two attached hydrogens (primary N) is 1. The number of carboxylic acid groups (broad SMARTS) is 1. The van der Waals surface area contributed by atoms with Crippen LogP contribution in [0.1, 0.15) is 18.4 Å². The average molecular weight is 220 g/mol. The van der Waals surface area contributed by atoms with Gasteiger partial charge < -0.3 is 16.2 Å². The number of benzene rings is 1. The van der Waals surface area contributed by atoms with Crippen LogP contribution in [0.5, 0.6) is 0 Å². The van der Waals surface area contributed by atoms with Crippen LogP contribution in [0.15, 0.2) is 24.3 Å². The monoisotopic (exact) mass is 220 g/mol. The number of hydrogen-bond acceptors (Lipinski definition) is 3. The van der Waals surface area contributed by atoms with Gasteiger partial charge in [-0.05, 0) is 37.1 Å². The van der Waals surface area contributed by atoms with Crippen molar-refractivity contribution in [2.24, 2.45) is 0 Å². The summed E-state index contributed by atoms with van der Waals surface area (Å²) in [4.78, 5) is 11.5. The maximum atomic E-state index is 11.5. The zero-order chi connectivity index (χ0) is 11.6. The van der Waals surface area contributed by atoms with Gasteiger partial charge in [-0.2, -0.15) is 0 Å². The van der Waals surface area contributed by atoms with E-state index in [0.717, 1.165) is 18.5 Å². The lowest BCUT2D eigenvalue weighted by molar-refractivity contribution is -0.144. The van der Waals surface area contributed by atoms with Crippen molar-refractivity contribution in [2.75, 3.05) is 18.8 Å². The van der Waals surface area contributed by atoms with Gasteiger partial charge in [-0.25, -0.2) is 0 Å². The first kappa shape index (κ1) is 11.0. The molecule has 1 fully saturated rings. The molecule has 16 heavy (non-hydrogen) atoms. The van der Waals surface area contributed by atoms with Crippen LogP contribution in [-0.2, 0) is 10.2 Å². The van der Waals surface area contributed by atoms with E-state index in [0.29, 0.717) is 18.7 Å². The second kappa shape index (κ2) is 4.14. The molecule has 86 valence electrons. The molecule has 4 heteroatoms. The number of aliphatic carboxylic acids is 1. The molecule has 0 radical (unpaired) electrons. The van der Waals surface area contributed by atoms with E-state index in [2.05, 4.69) is 5.32 Å². The van der Waals surface area contributed by atoms with E-state index in [9.17, 15) is 9.90 Å². The van der Waals surface area contributed by atoms with Crippen LogP contribution in [0, 0.1) is 0 Å². The molecule has 1 aliphatic heterocycles. The Hall–Kier alpha value is -1.55. The van der Waals surface area contributed by atoms with E-state index in [1.165, 1.54) is 0 Å². The lowest BCUT2D eigenvalue weighted by atomic mass is 9.75. The van der Waals surface area contributed by atoms with Crippen molar-refractivity contribution >= 4 is 11.7 Å². The Morgan fingerprint density at radius 2 is 2.06 bits per heavy atom. The van der Waals surface area contributed by atoms with Crippen molar-refractivity contribution in [3.05, 3.63) is 29.8 Å². The number of carbonyl (C=O) groups is 1. The molecule has 1 aliphatic rings. The van der Waals surface area contributed by atoms with E-state index in [-0.39, 0.29) is 0 Å². The number of rotatable bonds is 2. The van der Waals surface area contributed by atoms with Gasteiger partial charge in [0.25, 0.3) is 0 Å². The topological polar surface area (TPSA) is 75.4 Å². The van der Waals surface area contributed by atoms with E-state index in [1.54, 1.807) is 12.1 Å². The summed E-state index contributed by atoms with van der Waals surface area (Å²) in [6.07, 6.45) is 1.57. The molecule has 0 saturated carbocycles. The number of hydrogen-bond donors (Lipinski definition) is 3. The zero-order valence-corrected chi connectivity index (χ0v) is 9.07. The van der Waals surface area contributed by atoms with Crippen molar-refractivity contribution in [1.29, 1.82) is 0 Å². The number of nitrogens with one attached hydrogen (secondary N) is 1. The van der Waals surface area contributed by atoms with Crippen LogP contribution < -0.4 is 11.1 Å². The van der Waals surface area contributed by atoms with Crippen molar-refractivity contribution < 1.29 is 9.90 Å². The van der Waals surface area contributed by atoms with Gasteiger partial charge in [-0.3, -0.25) is 4.79 Å². The fourth-order valence-electron chi connectivity index (χ4n) is 2.26. The molecule has 0 aliphatic carbocycles. The number of anilines is 1. The Kier molecular flexibility index (Phi) is 2.83. The Morgan fingerprint density at radius 3 is 2.56 bits per heavy atom. The molecule has 0 bridgehead atoms. The summed E-state index contributed by atoms with van der Waals surface area (Å²) < 4.78 is 0. The van der Waals surface area contributed by atoms with Gasteiger partial charge in [-0.15, -0.1) is 0 Å². The number of piperidine rings is 1. The molecule has 0 aromatic heterocycles. The molecule has 0 amide bonds. The molecule has 2 rings (SSSR count). The smallest absolute Gasteiger partial charge is 0.315 e. The minimum Gasteiger partial charge on any atom is -0.481 e. The first-order valence-corrected chi connectivity index (χ1v) is 5.45. The van der Waals surface area contributed by atoms with Crippen LogP contribution >= 0.6 is 0 Å². The maximum Gasteiger partial charge on any atom is 0.315 e. The molecule has 1 aromatic rings. The fourth-order valence-corrected chi connectivity index (χ4v) is 2.26. The maximum absolute atomic E-state index is 11.5. The highest BCUT2D eigenvalue weighted by Gasteiger charge is 2.41. The van der Waals surface area contributed by atoms with Crippen LogP contribution in [0.25, 0.3) is 0 Å². The van der Waals surface area contributed by atoms with Gasteiger partial charge >= 0.3 is 5.97 Å². The zero-order valence-electron chi connectivity index (χ0n) is 9.07. The van der Waals surface area contributed by atoms with Crippen molar-refractivity contribution in [3.8, 4) is 0 Å². The van der Waals surface area contributed by atoms with E-state index in [1.807, 2.05) is 12.1 Å². The third-order valence-electron chi connectivity index (χ3n) is 3.26. The summed E-state index contributed by atoms with van der Waals surface area (Å²) in [5, 5.41) is 12.6. The molecule has 1 heterocycles. The SMILES string of the molecule is Nc1ccc(C2(C(=O)O)CCCNC2)cc1.